The first kappa shape index (κ1) is 20.1. The molecule has 1 aliphatic carbocycles. The van der Waals surface area contributed by atoms with Crippen LogP contribution in [0.1, 0.15) is 55.2 Å². The van der Waals surface area contributed by atoms with Crippen LogP contribution in [0.3, 0.4) is 0 Å². The van der Waals surface area contributed by atoms with Crippen LogP contribution in [0.4, 0.5) is 10.2 Å². The number of hydrogen-bond acceptors (Lipinski definition) is 5. The Kier molecular flexibility index (Phi) is 5.11. The Bertz CT molecular complexity index is 1120. The summed E-state index contributed by atoms with van der Waals surface area (Å²) in [6.07, 6.45) is 7.04. The monoisotopic (exact) mass is 452 g/mol. The van der Waals surface area contributed by atoms with Gasteiger partial charge in [-0.25, -0.2) is 9.37 Å². The molecule has 0 bridgehead atoms. The predicted octanol–water partition coefficient (Wildman–Crippen LogP) is 4.71. The summed E-state index contributed by atoms with van der Waals surface area (Å²) < 4.78 is 15.5. The van der Waals surface area contributed by atoms with Crippen molar-refractivity contribution in [1.82, 2.24) is 24.6 Å². The number of pyridine rings is 1. The SMILES string of the molecule is Fc1ccc(N2CCC(c3nnc4n3-c3ccc(Cl)cc3CN(C3CCC3)C4)CC2)nc1. The molecule has 32 heavy (non-hydrogen) atoms. The molecule has 2 aromatic heterocycles. The molecule has 0 radical (unpaired) electrons. The smallest absolute Gasteiger partial charge is 0.151 e. The lowest BCUT2D eigenvalue weighted by molar-refractivity contribution is 0.110. The zero-order valence-corrected chi connectivity index (χ0v) is 18.7. The summed E-state index contributed by atoms with van der Waals surface area (Å²) in [4.78, 5) is 9.01. The fourth-order valence-corrected chi connectivity index (χ4v) is 5.44. The molecule has 6 nitrogen and oxygen atoms in total. The molecular weight excluding hydrogens is 427 g/mol. The number of hydrogen-bond donors (Lipinski definition) is 0. The fraction of sp³-hybridized carbons (Fsp3) is 0.458. The van der Waals surface area contributed by atoms with E-state index in [9.17, 15) is 4.39 Å². The highest BCUT2D eigenvalue weighted by Crippen LogP contribution is 2.36. The van der Waals surface area contributed by atoms with E-state index in [0.717, 1.165) is 67.2 Å². The van der Waals surface area contributed by atoms with Crippen LogP contribution in [0.25, 0.3) is 5.69 Å². The molecule has 0 N–H and O–H groups in total. The third-order valence-electron chi connectivity index (χ3n) is 7.24. The standard InChI is InChI=1S/C24H26ClFN6/c25-18-4-6-21-17(12-18)14-31(20-2-1-3-20)15-23-28-29-24(32(21)23)16-8-10-30(11-9-16)22-7-5-19(26)13-27-22/h4-7,12-13,16,20H,1-3,8-11,14-15H2. The number of halogens is 2. The first-order chi connectivity index (χ1) is 15.7. The summed E-state index contributed by atoms with van der Waals surface area (Å²) in [5, 5.41) is 10.1. The lowest BCUT2D eigenvalue weighted by atomic mass is 9.91. The Morgan fingerprint density at radius 2 is 1.81 bits per heavy atom. The predicted molar refractivity (Wildman–Crippen MR) is 122 cm³/mol. The maximum atomic E-state index is 13.2. The molecule has 0 unspecified atom stereocenters. The van der Waals surface area contributed by atoms with Crippen LogP contribution in [0, 0.1) is 5.82 Å². The second kappa shape index (κ2) is 8.12. The Morgan fingerprint density at radius 3 is 2.53 bits per heavy atom. The molecule has 2 aliphatic heterocycles. The fourth-order valence-electron chi connectivity index (χ4n) is 5.25. The van der Waals surface area contributed by atoms with Crippen molar-refractivity contribution in [3.05, 3.63) is 64.6 Å². The molecule has 0 amide bonds. The number of piperidine rings is 1. The Balaban J connectivity index is 1.29. The Labute approximate surface area is 192 Å². The van der Waals surface area contributed by atoms with Crippen molar-refractivity contribution in [3.8, 4) is 5.69 Å². The van der Waals surface area contributed by atoms with Crippen LogP contribution in [-0.4, -0.2) is 43.8 Å². The first-order valence-electron chi connectivity index (χ1n) is 11.5. The lowest BCUT2D eigenvalue weighted by Gasteiger charge is -2.36. The normalized spacial score (nSPS) is 19.9. The quantitative estimate of drug-likeness (QED) is 0.576. The lowest BCUT2D eigenvalue weighted by Crippen LogP contribution is -2.38. The summed E-state index contributed by atoms with van der Waals surface area (Å²) in [5.41, 5.74) is 2.41. The highest BCUT2D eigenvalue weighted by Gasteiger charge is 2.33. The summed E-state index contributed by atoms with van der Waals surface area (Å²) in [6.45, 7) is 3.46. The van der Waals surface area contributed by atoms with Crippen LogP contribution in [0.5, 0.6) is 0 Å². The van der Waals surface area contributed by atoms with Gasteiger partial charge in [-0.1, -0.05) is 18.0 Å². The van der Waals surface area contributed by atoms with Gasteiger partial charge in [-0.15, -0.1) is 10.2 Å². The van der Waals surface area contributed by atoms with E-state index in [-0.39, 0.29) is 5.82 Å². The van der Waals surface area contributed by atoms with Crippen LogP contribution < -0.4 is 4.90 Å². The molecule has 0 spiro atoms. The zero-order valence-electron chi connectivity index (χ0n) is 17.9. The van der Waals surface area contributed by atoms with Gasteiger partial charge in [0.1, 0.15) is 17.5 Å². The van der Waals surface area contributed by atoms with Crippen LogP contribution in [0.2, 0.25) is 5.02 Å². The molecule has 4 heterocycles. The molecule has 1 saturated carbocycles. The van der Waals surface area contributed by atoms with Gasteiger partial charge in [-0.05, 0) is 61.6 Å². The molecule has 6 rings (SSSR count). The summed E-state index contributed by atoms with van der Waals surface area (Å²) in [7, 11) is 0. The van der Waals surface area contributed by atoms with E-state index in [4.69, 9.17) is 16.7 Å². The second-order valence-electron chi connectivity index (χ2n) is 9.17. The van der Waals surface area contributed by atoms with Crippen molar-refractivity contribution in [2.75, 3.05) is 18.0 Å². The molecule has 8 heteroatoms. The number of fused-ring (bicyclic) bond motifs is 3. The highest BCUT2D eigenvalue weighted by molar-refractivity contribution is 6.30. The largest absolute Gasteiger partial charge is 0.357 e. The molecule has 1 aromatic carbocycles. The third-order valence-corrected chi connectivity index (χ3v) is 7.48. The van der Waals surface area contributed by atoms with Gasteiger partial charge >= 0.3 is 0 Å². The number of nitrogens with zero attached hydrogens (tertiary/aromatic N) is 6. The van der Waals surface area contributed by atoms with Gasteiger partial charge in [-0.2, -0.15) is 0 Å². The third kappa shape index (κ3) is 3.57. The zero-order chi connectivity index (χ0) is 21.7. The number of aromatic nitrogens is 4. The van der Waals surface area contributed by atoms with Crippen molar-refractivity contribution in [1.29, 1.82) is 0 Å². The Hall–Kier alpha value is -2.51. The number of benzene rings is 1. The van der Waals surface area contributed by atoms with E-state index in [1.165, 1.54) is 37.1 Å². The van der Waals surface area contributed by atoms with Crippen molar-refractivity contribution in [3.63, 3.8) is 0 Å². The molecule has 3 aromatic rings. The number of rotatable bonds is 3. The topological polar surface area (TPSA) is 50.1 Å². The van der Waals surface area contributed by atoms with Gasteiger partial charge in [0.15, 0.2) is 5.82 Å². The van der Waals surface area contributed by atoms with Crippen LogP contribution >= 0.6 is 11.6 Å². The van der Waals surface area contributed by atoms with Crippen LogP contribution in [0.15, 0.2) is 36.5 Å². The molecule has 2 fully saturated rings. The van der Waals surface area contributed by atoms with Gasteiger partial charge in [0.25, 0.3) is 0 Å². The van der Waals surface area contributed by atoms with Crippen LogP contribution in [-0.2, 0) is 13.1 Å². The van der Waals surface area contributed by atoms with Gasteiger partial charge in [0, 0.05) is 36.6 Å². The molecule has 166 valence electrons. The van der Waals surface area contributed by atoms with Crippen molar-refractivity contribution in [2.45, 2.75) is 57.2 Å². The van der Waals surface area contributed by atoms with E-state index < -0.39 is 0 Å². The summed E-state index contributed by atoms with van der Waals surface area (Å²) >= 11 is 6.38. The molecule has 0 atom stereocenters. The van der Waals surface area contributed by atoms with Crippen molar-refractivity contribution >= 4 is 17.4 Å². The van der Waals surface area contributed by atoms with E-state index in [1.807, 2.05) is 6.07 Å². The van der Waals surface area contributed by atoms with E-state index in [0.29, 0.717) is 12.0 Å². The maximum Gasteiger partial charge on any atom is 0.151 e. The first-order valence-corrected chi connectivity index (χ1v) is 11.9. The van der Waals surface area contributed by atoms with Crippen molar-refractivity contribution in [2.24, 2.45) is 0 Å². The number of anilines is 1. The van der Waals surface area contributed by atoms with Crippen molar-refractivity contribution < 1.29 is 4.39 Å². The van der Waals surface area contributed by atoms with Gasteiger partial charge in [0.05, 0.1) is 18.4 Å². The minimum Gasteiger partial charge on any atom is -0.357 e. The molecular formula is C24H26ClFN6. The summed E-state index contributed by atoms with van der Waals surface area (Å²) in [5.74, 6) is 2.93. The van der Waals surface area contributed by atoms with E-state index >= 15 is 0 Å². The van der Waals surface area contributed by atoms with Gasteiger partial charge in [0.2, 0.25) is 0 Å². The molecule has 3 aliphatic rings. The summed E-state index contributed by atoms with van der Waals surface area (Å²) in [6, 6.07) is 10.0. The second-order valence-corrected chi connectivity index (χ2v) is 9.60. The minimum absolute atomic E-state index is 0.301. The highest BCUT2D eigenvalue weighted by atomic mass is 35.5. The molecule has 1 saturated heterocycles. The van der Waals surface area contributed by atoms with Gasteiger partial charge in [-0.3, -0.25) is 9.47 Å². The van der Waals surface area contributed by atoms with E-state index in [2.05, 4.69) is 36.6 Å². The minimum atomic E-state index is -0.301. The Morgan fingerprint density at radius 1 is 0.969 bits per heavy atom. The van der Waals surface area contributed by atoms with E-state index in [1.54, 1.807) is 6.07 Å². The maximum absolute atomic E-state index is 13.2. The van der Waals surface area contributed by atoms with Gasteiger partial charge < -0.3 is 4.90 Å². The average molecular weight is 453 g/mol. The average Bonchev–Trinajstić information content (AvgIpc) is 3.10.